The number of hydrogen-bond donors (Lipinski definition) is 1. The van der Waals surface area contributed by atoms with E-state index in [1.54, 1.807) is 6.20 Å². The van der Waals surface area contributed by atoms with Crippen molar-refractivity contribution in [1.82, 2.24) is 10.3 Å². The summed E-state index contributed by atoms with van der Waals surface area (Å²) >= 11 is 0. The number of nitrogens with one attached hydrogen (secondary N) is 1. The van der Waals surface area contributed by atoms with Crippen molar-refractivity contribution in [3.63, 3.8) is 0 Å². The molecule has 1 aromatic heterocycles. The Morgan fingerprint density at radius 1 is 1.00 bits per heavy atom. The molecule has 21 heavy (non-hydrogen) atoms. The van der Waals surface area contributed by atoms with Crippen LogP contribution in [-0.2, 0) is 6.54 Å². The molecule has 3 aromatic rings. The SMILES string of the molecule is N#CC(NCc1ccccn1)c1cccc2ccccc12. The largest absolute Gasteiger partial charge is 0.292 e. The summed E-state index contributed by atoms with van der Waals surface area (Å²) in [6.45, 7) is 0.572. The van der Waals surface area contributed by atoms with E-state index in [0.717, 1.165) is 22.0 Å². The molecule has 0 saturated heterocycles. The number of fused-ring (bicyclic) bond motifs is 1. The second-order valence-corrected chi connectivity index (χ2v) is 4.83. The van der Waals surface area contributed by atoms with Gasteiger partial charge in [-0.25, -0.2) is 0 Å². The third-order valence-electron chi connectivity index (χ3n) is 3.48. The first-order valence-corrected chi connectivity index (χ1v) is 6.89. The highest BCUT2D eigenvalue weighted by Crippen LogP contribution is 2.24. The van der Waals surface area contributed by atoms with E-state index in [1.165, 1.54) is 0 Å². The number of pyridine rings is 1. The predicted molar refractivity (Wildman–Crippen MR) is 83.4 cm³/mol. The molecule has 0 spiro atoms. The standard InChI is InChI=1S/C18H15N3/c19-12-18(21-13-15-8-3-4-11-20-15)17-10-5-7-14-6-1-2-9-16(14)17/h1-11,18,21H,13H2. The molecular weight excluding hydrogens is 258 g/mol. The number of rotatable bonds is 4. The van der Waals surface area contributed by atoms with E-state index in [0.29, 0.717) is 6.54 Å². The van der Waals surface area contributed by atoms with E-state index < -0.39 is 0 Å². The normalized spacial score (nSPS) is 12.0. The van der Waals surface area contributed by atoms with Gasteiger partial charge in [-0.2, -0.15) is 5.26 Å². The molecule has 0 aliphatic carbocycles. The lowest BCUT2D eigenvalue weighted by Gasteiger charge is -2.14. The molecule has 1 unspecified atom stereocenters. The smallest absolute Gasteiger partial charge is 0.122 e. The summed E-state index contributed by atoms with van der Waals surface area (Å²) in [5.41, 5.74) is 1.93. The Kier molecular flexibility index (Phi) is 3.90. The molecule has 1 atom stereocenters. The van der Waals surface area contributed by atoms with E-state index >= 15 is 0 Å². The molecule has 3 rings (SSSR count). The third kappa shape index (κ3) is 2.91. The van der Waals surface area contributed by atoms with Crippen LogP contribution in [0.3, 0.4) is 0 Å². The van der Waals surface area contributed by atoms with Crippen LogP contribution in [0.1, 0.15) is 17.3 Å². The topological polar surface area (TPSA) is 48.7 Å². The molecule has 1 N–H and O–H groups in total. The van der Waals surface area contributed by atoms with Gasteiger partial charge in [0.1, 0.15) is 6.04 Å². The monoisotopic (exact) mass is 273 g/mol. The van der Waals surface area contributed by atoms with E-state index in [-0.39, 0.29) is 6.04 Å². The fraction of sp³-hybridized carbons (Fsp3) is 0.111. The van der Waals surface area contributed by atoms with Crippen LogP contribution in [0, 0.1) is 11.3 Å². The predicted octanol–water partition coefficient (Wildman–Crippen LogP) is 3.59. The molecule has 2 aromatic carbocycles. The van der Waals surface area contributed by atoms with E-state index in [9.17, 15) is 5.26 Å². The van der Waals surface area contributed by atoms with Crippen molar-refractivity contribution in [2.24, 2.45) is 0 Å². The lowest BCUT2D eigenvalue weighted by molar-refractivity contribution is 0.624. The lowest BCUT2D eigenvalue weighted by Crippen LogP contribution is -2.20. The number of aromatic nitrogens is 1. The van der Waals surface area contributed by atoms with Crippen molar-refractivity contribution in [2.75, 3.05) is 0 Å². The molecule has 3 nitrogen and oxygen atoms in total. The third-order valence-corrected chi connectivity index (χ3v) is 3.48. The molecule has 102 valence electrons. The molecule has 0 amide bonds. The molecule has 0 radical (unpaired) electrons. The first-order chi connectivity index (χ1) is 10.4. The number of hydrogen-bond acceptors (Lipinski definition) is 3. The summed E-state index contributed by atoms with van der Waals surface area (Å²) < 4.78 is 0. The van der Waals surface area contributed by atoms with Crippen LogP contribution in [-0.4, -0.2) is 4.98 Å². The van der Waals surface area contributed by atoms with Crippen molar-refractivity contribution in [3.8, 4) is 6.07 Å². The zero-order valence-corrected chi connectivity index (χ0v) is 11.5. The lowest BCUT2D eigenvalue weighted by atomic mass is 9.99. The van der Waals surface area contributed by atoms with Gasteiger partial charge >= 0.3 is 0 Å². The summed E-state index contributed by atoms with van der Waals surface area (Å²) in [5.74, 6) is 0. The summed E-state index contributed by atoms with van der Waals surface area (Å²) in [6.07, 6.45) is 1.76. The molecule has 0 saturated carbocycles. The Balaban J connectivity index is 1.87. The van der Waals surface area contributed by atoms with Gasteiger partial charge in [-0.1, -0.05) is 48.5 Å². The van der Waals surface area contributed by atoms with Crippen LogP contribution >= 0.6 is 0 Å². The van der Waals surface area contributed by atoms with Crippen LogP contribution in [0.4, 0.5) is 0 Å². The molecule has 3 heteroatoms. The van der Waals surface area contributed by atoms with Gasteiger partial charge in [0.15, 0.2) is 0 Å². The van der Waals surface area contributed by atoms with Crippen molar-refractivity contribution in [3.05, 3.63) is 78.1 Å². The molecule has 1 heterocycles. The maximum Gasteiger partial charge on any atom is 0.122 e. The Morgan fingerprint density at radius 3 is 2.62 bits per heavy atom. The molecular formula is C18H15N3. The van der Waals surface area contributed by atoms with Gasteiger partial charge in [0, 0.05) is 12.7 Å². The summed E-state index contributed by atoms with van der Waals surface area (Å²) in [6, 6.07) is 22.0. The van der Waals surface area contributed by atoms with Crippen molar-refractivity contribution in [2.45, 2.75) is 12.6 Å². The van der Waals surface area contributed by atoms with Gasteiger partial charge in [0.25, 0.3) is 0 Å². The van der Waals surface area contributed by atoms with Gasteiger partial charge in [-0.05, 0) is 28.5 Å². The second-order valence-electron chi connectivity index (χ2n) is 4.83. The molecule has 0 bridgehead atoms. The summed E-state index contributed by atoms with van der Waals surface area (Å²) in [5, 5.41) is 15.0. The highest BCUT2D eigenvalue weighted by atomic mass is 14.9. The quantitative estimate of drug-likeness (QED) is 0.790. The van der Waals surface area contributed by atoms with Crippen molar-refractivity contribution >= 4 is 10.8 Å². The Morgan fingerprint density at radius 2 is 1.81 bits per heavy atom. The van der Waals surface area contributed by atoms with Gasteiger partial charge < -0.3 is 0 Å². The minimum atomic E-state index is -0.349. The Bertz CT molecular complexity index is 770. The van der Waals surface area contributed by atoms with Crippen LogP contribution < -0.4 is 5.32 Å². The van der Waals surface area contributed by atoms with Gasteiger partial charge in [0.05, 0.1) is 11.8 Å². The number of nitrogens with zero attached hydrogens (tertiary/aromatic N) is 2. The molecule has 0 aliphatic rings. The van der Waals surface area contributed by atoms with Crippen LogP contribution in [0.5, 0.6) is 0 Å². The Labute approximate surface area is 123 Å². The van der Waals surface area contributed by atoms with Gasteiger partial charge in [-0.15, -0.1) is 0 Å². The minimum Gasteiger partial charge on any atom is -0.292 e. The van der Waals surface area contributed by atoms with E-state index in [1.807, 2.05) is 42.5 Å². The van der Waals surface area contributed by atoms with Crippen molar-refractivity contribution in [1.29, 1.82) is 5.26 Å². The summed E-state index contributed by atoms with van der Waals surface area (Å²) in [4.78, 5) is 4.27. The van der Waals surface area contributed by atoms with Gasteiger partial charge in [-0.3, -0.25) is 10.3 Å². The zero-order valence-electron chi connectivity index (χ0n) is 11.5. The van der Waals surface area contributed by atoms with E-state index in [4.69, 9.17) is 0 Å². The van der Waals surface area contributed by atoms with Crippen LogP contribution in [0.25, 0.3) is 10.8 Å². The van der Waals surface area contributed by atoms with Crippen LogP contribution in [0.15, 0.2) is 66.9 Å². The maximum absolute atomic E-state index is 9.48. The molecule has 0 fully saturated rings. The van der Waals surface area contributed by atoms with Crippen molar-refractivity contribution < 1.29 is 0 Å². The Hall–Kier alpha value is -2.70. The first-order valence-electron chi connectivity index (χ1n) is 6.89. The van der Waals surface area contributed by atoms with Crippen LogP contribution in [0.2, 0.25) is 0 Å². The van der Waals surface area contributed by atoms with Gasteiger partial charge in [0.2, 0.25) is 0 Å². The van der Waals surface area contributed by atoms with E-state index in [2.05, 4.69) is 34.6 Å². The highest BCUT2D eigenvalue weighted by Gasteiger charge is 2.12. The fourth-order valence-electron chi connectivity index (χ4n) is 2.44. The highest BCUT2D eigenvalue weighted by molar-refractivity contribution is 5.86. The average molecular weight is 273 g/mol. The minimum absolute atomic E-state index is 0.349. The second kappa shape index (κ2) is 6.17. The summed E-state index contributed by atoms with van der Waals surface area (Å²) in [7, 11) is 0. The fourth-order valence-corrected chi connectivity index (χ4v) is 2.44. The zero-order chi connectivity index (χ0) is 14.5. The molecule has 0 aliphatic heterocycles. The number of nitriles is 1. The first kappa shape index (κ1) is 13.3. The number of benzene rings is 2. The maximum atomic E-state index is 9.48. The average Bonchev–Trinajstić information content (AvgIpc) is 2.56.